The molecule has 0 amide bonds. The number of aromatic nitrogens is 3. The maximum absolute atomic E-state index is 4.40. The molecule has 1 aliphatic rings. The fourth-order valence-electron chi connectivity index (χ4n) is 2.76. The van der Waals surface area contributed by atoms with Crippen LogP contribution in [-0.4, -0.2) is 22.1 Å². The molecule has 2 aromatic rings. The normalized spacial score (nSPS) is 15.8. The van der Waals surface area contributed by atoms with Gasteiger partial charge in [-0.05, 0) is 12.8 Å². The summed E-state index contributed by atoms with van der Waals surface area (Å²) in [4.78, 5) is 4.40. The maximum atomic E-state index is 4.40. The molecule has 0 spiro atoms. The molecule has 0 aliphatic heterocycles. The minimum absolute atomic E-state index is 0.851. The van der Waals surface area contributed by atoms with Crippen molar-refractivity contribution in [2.45, 2.75) is 51.0 Å². The zero-order valence-corrected chi connectivity index (χ0v) is 20.4. The Hall–Kier alpha value is 0.468. The number of H-pyrrole nitrogens is 1. The van der Waals surface area contributed by atoms with Gasteiger partial charge in [0.1, 0.15) is 0 Å². The third-order valence-electron chi connectivity index (χ3n) is 4.09. The van der Waals surface area contributed by atoms with Gasteiger partial charge in [-0.25, -0.2) is 0 Å². The van der Waals surface area contributed by atoms with Crippen LogP contribution in [0, 0.1) is 3.80 Å². The first-order chi connectivity index (χ1) is 11.6. The number of aryl methyl sites for hydroxylation is 1. The predicted octanol–water partition coefficient (Wildman–Crippen LogP) is 5.13. The summed E-state index contributed by atoms with van der Waals surface area (Å²) in [5.74, 6) is 1.00. The van der Waals surface area contributed by atoms with Gasteiger partial charge in [0.2, 0.25) is 0 Å². The molecule has 3 rings (SSSR count). The fraction of sp³-hybridized carbons (Fsp3) is 0.529. The van der Waals surface area contributed by atoms with Crippen molar-refractivity contribution in [2.24, 2.45) is 7.05 Å². The van der Waals surface area contributed by atoms with E-state index in [1.165, 1.54) is 44.1 Å². The summed E-state index contributed by atoms with van der Waals surface area (Å²) in [5, 5.41) is 3.19. The van der Waals surface area contributed by atoms with E-state index in [1.807, 2.05) is 29.9 Å². The molecule has 0 bridgehead atoms. The van der Waals surface area contributed by atoms with Gasteiger partial charge in [0, 0.05) is 51.8 Å². The van der Waals surface area contributed by atoms with Gasteiger partial charge in [0.25, 0.3) is 0 Å². The smallest absolute Gasteiger partial charge is 0.0311 e. The minimum atomic E-state index is 0.851. The van der Waals surface area contributed by atoms with Gasteiger partial charge in [-0.3, -0.25) is 0 Å². The summed E-state index contributed by atoms with van der Waals surface area (Å²) < 4.78 is 5.22. The molecule has 24 heavy (non-hydrogen) atoms. The van der Waals surface area contributed by atoms with E-state index >= 15 is 0 Å². The van der Waals surface area contributed by atoms with Crippen molar-refractivity contribution in [2.75, 3.05) is 0 Å². The SMILES string of the molecule is Cn1[nH]c(Cc2ccccc2)n[c]1=[Pt].IN(I)C1CCCCCC1. The first kappa shape index (κ1) is 20.8. The number of nitrogens with one attached hydrogen (secondary N) is 1. The Kier molecular flexibility index (Phi) is 9.73. The topological polar surface area (TPSA) is 36.9 Å². The van der Waals surface area contributed by atoms with Crippen LogP contribution in [0.3, 0.4) is 0 Å². The van der Waals surface area contributed by atoms with E-state index in [0.29, 0.717) is 0 Å². The Balaban J connectivity index is 0.000000185. The Morgan fingerprint density at radius 3 is 2.29 bits per heavy atom. The third-order valence-corrected chi connectivity index (χ3v) is 6.68. The minimum Gasteiger partial charge on any atom is -0.185 e. The molecular weight excluding hydrogens is 709 g/mol. The standard InChI is InChI=1S/C10H11N3.C7H13I2N.Pt/c1-13-8-11-10(12-13)7-9-5-3-2-4-6-9;8-10(9)7-5-3-1-2-4-6-7;/h2-6H,7H2,1H3,(H,11,12);7H,1-6H2;. The summed E-state index contributed by atoms with van der Waals surface area (Å²) >= 11 is 6.99. The molecule has 1 aromatic carbocycles. The van der Waals surface area contributed by atoms with E-state index in [-0.39, 0.29) is 0 Å². The Bertz CT molecular complexity index is 646. The summed E-state index contributed by atoms with van der Waals surface area (Å²) in [7, 11) is 1.96. The molecule has 0 saturated heterocycles. The molecule has 4 nitrogen and oxygen atoms in total. The van der Waals surface area contributed by atoms with Gasteiger partial charge in [-0.1, -0.05) is 25.7 Å². The second kappa shape index (κ2) is 11.2. The van der Waals surface area contributed by atoms with Crippen molar-refractivity contribution in [3.8, 4) is 0 Å². The maximum Gasteiger partial charge on any atom is 0.0311 e. The summed E-state index contributed by atoms with van der Waals surface area (Å²) in [6.07, 6.45) is 9.46. The van der Waals surface area contributed by atoms with Crippen LogP contribution in [0.4, 0.5) is 0 Å². The van der Waals surface area contributed by atoms with Crippen LogP contribution in [0.5, 0.6) is 0 Å². The van der Waals surface area contributed by atoms with Gasteiger partial charge < -0.3 is 0 Å². The molecule has 1 N–H and O–H groups in total. The van der Waals surface area contributed by atoms with Gasteiger partial charge in [0.15, 0.2) is 0 Å². The van der Waals surface area contributed by atoms with E-state index in [9.17, 15) is 0 Å². The molecule has 1 aromatic heterocycles. The number of hydrogen-bond acceptors (Lipinski definition) is 2. The Morgan fingerprint density at radius 2 is 1.79 bits per heavy atom. The fourth-order valence-corrected chi connectivity index (χ4v) is 4.31. The van der Waals surface area contributed by atoms with Crippen LogP contribution in [0.2, 0.25) is 0 Å². The van der Waals surface area contributed by atoms with Crippen LogP contribution in [0.1, 0.15) is 49.9 Å². The van der Waals surface area contributed by atoms with Crippen LogP contribution in [0.15, 0.2) is 30.3 Å². The molecule has 0 atom stereocenters. The second-order valence-electron chi connectivity index (χ2n) is 6.04. The molecule has 7 heteroatoms. The van der Waals surface area contributed by atoms with E-state index < -0.39 is 0 Å². The van der Waals surface area contributed by atoms with E-state index in [1.54, 1.807) is 0 Å². The Morgan fingerprint density at radius 1 is 1.17 bits per heavy atom. The van der Waals surface area contributed by atoms with E-state index in [4.69, 9.17) is 0 Å². The van der Waals surface area contributed by atoms with Crippen LogP contribution in [0.25, 0.3) is 0 Å². The molecule has 1 heterocycles. The second-order valence-corrected chi connectivity index (χ2v) is 11.0. The number of hydrogen-bond donors (Lipinski definition) is 1. The molecule has 0 radical (unpaired) electrons. The largest absolute Gasteiger partial charge is 0.185 e. The number of benzene rings is 1. The van der Waals surface area contributed by atoms with Crippen molar-refractivity contribution in [1.29, 1.82) is 0 Å². The van der Waals surface area contributed by atoms with E-state index in [0.717, 1.165) is 22.1 Å². The van der Waals surface area contributed by atoms with Crippen LogP contribution < -0.4 is 0 Å². The van der Waals surface area contributed by atoms with Gasteiger partial charge in [-0.15, -0.1) is 0 Å². The van der Waals surface area contributed by atoms with Crippen molar-refractivity contribution < 1.29 is 19.4 Å². The quantitative estimate of drug-likeness (QED) is 0.270. The number of aromatic amines is 1. The average Bonchev–Trinajstić information content (AvgIpc) is 2.78. The van der Waals surface area contributed by atoms with Crippen molar-refractivity contribution >= 4 is 45.7 Å². The monoisotopic (exact) mass is 733 g/mol. The molecule has 136 valence electrons. The number of nitrogens with zero attached hydrogens (tertiary/aromatic N) is 3. The van der Waals surface area contributed by atoms with E-state index in [2.05, 4.69) is 88.6 Å². The van der Waals surface area contributed by atoms with Gasteiger partial charge in [0.05, 0.1) is 0 Å². The molecule has 1 saturated carbocycles. The molecular formula is C17H24I2N4Pt. The van der Waals surface area contributed by atoms with Crippen molar-refractivity contribution in [3.63, 3.8) is 0 Å². The zero-order chi connectivity index (χ0) is 17.4. The molecule has 0 unspecified atom stereocenters. The summed E-state index contributed by atoms with van der Waals surface area (Å²) in [6.45, 7) is 0. The van der Waals surface area contributed by atoms with Crippen molar-refractivity contribution in [3.05, 3.63) is 45.5 Å². The predicted molar refractivity (Wildman–Crippen MR) is 111 cm³/mol. The first-order valence-electron chi connectivity index (χ1n) is 8.28. The van der Waals surface area contributed by atoms with Crippen molar-refractivity contribution in [1.82, 2.24) is 16.1 Å². The van der Waals surface area contributed by atoms with Crippen LogP contribution in [-0.2, 0) is 32.8 Å². The van der Waals surface area contributed by atoms with Crippen LogP contribution >= 0.6 is 45.7 Å². The number of halogens is 2. The average molecular weight is 733 g/mol. The number of rotatable bonds is 3. The molecule has 1 aliphatic carbocycles. The summed E-state index contributed by atoms with van der Waals surface area (Å²) in [6, 6.07) is 11.2. The third kappa shape index (κ3) is 7.38. The zero-order valence-electron chi connectivity index (χ0n) is 13.8. The molecule has 1 fully saturated rings. The van der Waals surface area contributed by atoms with Gasteiger partial charge in [-0.2, -0.15) is 1.33 Å². The summed E-state index contributed by atoms with van der Waals surface area (Å²) in [5.41, 5.74) is 1.28. The Labute approximate surface area is 183 Å². The van der Waals surface area contributed by atoms with Gasteiger partial charge >= 0.3 is 93.1 Å². The first-order valence-corrected chi connectivity index (χ1v) is 11.3.